The van der Waals surface area contributed by atoms with Crippen LogP contribution in [0.25, 0.3) is 28.0 Å². The van der Waals surface area contributed by atoms with E-state index in [1.807, 2.05) is 30.3 Å². The van der Waals surface area contributed by atoms with Crippen molar-refractivity contribution in [2.45, 2.75) is 6.10 Å². The zero-order valence-corrected chi connectivity index (χ0v) is 19.7. The molecule has 0 bridgehead atoms. The summed E-state index contributed by atoms with van der Waals surface area (Å²) in [6.07, 6.45) is 3.73. The van der Waals surface area contributed by atoms with Gasteiger partial charge in [-0.15, -0.1) is 0 Å². The van der Waals surface area contributed by atoms with Gasteiger partial charge in [-0.3, -0.25) is 14.6 Å². The molecule has 3 aromatic carbocycles. The minimum absolute atomic E-state index is 0.0793. The Morgan fingerprint density at radius 1 is 0.886 bits per heavy atom. The van der Waals surface area contributed by atoms with E-state index in [1.54, 1.807) is 30.3 Å². The summed E-state index contributed by atoms with van der Waals surface area (Å²) in [4.78, 5) is 17.5. The van der Waals surface area contributed by atoms with Crippen molar-refractivity contribution in [3.05, 3.63) is 94.7 Å². The second kappa shape index (κ2) is 10.9. The van der Waals surface area contributed by atoms with E-state index in [2.05, 4.69) is 34.1 Å². The van der Waals surface area contributed by atoms with E-state index in [1.165, 1.54) is 5.56 Å². The van der Waals surface area contributed by atoms with E-state index in [0.717, 1.165) is 32.7 Å². The smallest absolute Gasteiger partial charge is 0.200 e. The van der Waals surface area contributed by atoms with Crippen LogP contribution in [0.2, 0.25) is 0 Å². The van der Waals surface area contributed by atoms with Crippen LogP contribution in [-0.4, -0.2) is 66.9 Å². The normalized spacial score (nSPS) is 16.3. The number of fused-ring (bicyclic) bond motifs is 2. The molecule has 0 saturated carbocycles. The molecule has 4 aromatic rings. The summed E-state index contributed by atoms with van der Waals surface area (Å²) in [6, 6.07) is 22.8. The number of aliphatic hydroxyl groups is 1. The van der Waals surface area contributed by atoms with Gasteiger partial charge in [-0.1, -0.05) is 60.7 Å². The summed E-state index contributed by atoms with van der Waals surface area (Å²) in [6.45, 7) is 5.36. The Balaban J connectivity index is 1.13. The van der Waals surface area contributed by atoms with Gasteiger partial charge < -0.3 is 14.3 Å². The number of para-hydroxylation sites is 2. The van der Waals surface area contributed by atoms with Gasteiger partial charge in [0.25, 0.3) is 0 Å². The van der Waals surface area contributed by atoms with Crippen LogP contribution >= 0.6 is 0 Å². The van der Waals surface area contributed by atoms with Gasteiger partial charge in [0.05, 0.1) is 10.8 Å². The lowest BCUT2D eigenvalue weighted by Crippen LogP contribution is -2.49. The van der Waals surface area contributed by atoms with Gasteiger partial charge in [0.1, 0.15) is 18.3 Å². The molecule has 5 rings (SSSR count). The molecule has 6 nitrogen and oxygen atoms in total. The standard InChI is InChI=1S/C29H30N2O4/c32-23(20-31-18-16-30(17-19-31)15-7-10-22-8-2-1-3-9-22)21-34-27-14-6-12-25-28(33)24-11-4-5-13-26(24)35-29(25)27/h1-14,23,32H,15-21H2/b10-7+. The van der Waals surface area contributed by atoms with Crippen LogP contribution in [0.4, 0.5) is 0 Å². The van der Waals surface area contributed by atoms with Crippen molar-refractivity contribution >= 4 is 28.0 Å². The summed E-state index contributed by atoms with van der Waals surface area (Å²) < 4.78 is 11.9. The second-order valence-electron chi connectivity index (χ2n) is 8.94. The molecule has 0 amide bonds. The highest BCUT2D eigenvalue weighted by atomic mass is 16.5. The van der Waals surface area contributed by atoms with Crippen molar-refractivity contribution < 1.29 is 14.3 Å². The monoisotopic (exact) mass is 470 g/mol. The van der Waals surface area contributed by atoms with Crippen molar-refractivity contribution in [3.8, 4) is 5.75 Å². The van der Waals surface area contributed by atoms with Gasteiger partial charge in [-0.2, -0.15) is 0 Å². The summed E-state index contributed by atoms with van der Waals surface area (Å²) >= 11 is 0. The van der Waals surface area contributed by atoms with Crippen LogP contribution in [0.5, 0.6) is 5.75 Å². The van der Waals surface area contributed by atoms with Gasteiger partial charge in [-0.25, -0.2) is 0 Å². The van der Waals surface area contributed by atoms with Gasteiger partial charge >= 0.3 is 0 Å². The molecule has 2 heterocycles. The van der Waals surface area contributed by atoms with Crippen molar-refractivity contribution in [2.75, 3.05) is 45.9 Å². The number of piperazine rings is 1. The molecule has 180 valence electrons. The fourth-order valence-electron chi connectivity index (χ4n) is 4.51. The minimum atomic E-state index is -0.637. The number of aliphatic hydroxyl groups excluding tert-OH is 1. The number of hydrogen-bond donors (Lipinski definition) is 1. The number of benzene rings is 3. The molecule has 1 saturated heterocycles. The zero-order valence-electron chi connectivity index (χ0n) is 19.7. The maximum absolute atomic E-state index is 12.8. The Bertz CT molecular complexity index is 1360. The SMILES string of the molecule is O=c1c2ccccc2oc2c(OCC(O)CN3CCN(C/C=C/c4ccccc4)CC3)cccc12. The molecule has 0 spiro atoms. The van der Waals surface area contributed by atoms with E-state index in [4.69, 9.17) is 9.15 Å². The van der Waals surface area contributed by atoms with Gasteiger partial charge in [0.15, 0.2) is 11.3 Å². The predicted molar refractivity (Wildman–Crippen MR) is 140 cm³/mol. The molecular formula is C29H30N2O4. The Kier molecular flexibility index (Phi) is 7.23. The molecular weight excluding hydrogens is 440 g/mol. The lowest BCUT2D eigenvalue weighted by Gasteiger charge is -2.35. The van der Waals surface area contributed by atoms with Crippen LogP contribution in [0.3, 0.4) is 0 Å². The van der Waals surface area contributed by atoms with E-state index < -0.39 is 6.10 Å². The van der Waals surface area contributed by atoms with E-state index >= 15 is 0 Å². The molecule has 35 heavy (non-hydrogen) atoms. The highest BCUT2D eigenvalue weighted by Gasteiger charge is 2.19. The Hall–Kier alpha value is -3.45. The third kappa shape index (κ3) is 5.62. The average Bonchev–Trinajstić information content (AvgIpc) is 2.89. The van der Waals surface area contributed by atoms with Gasteiger partial charge in [0, 0.05) is 39.3 Å². The predicted octanol–water partition coefficient (Wildman–Crippen LogP) is 4.02. The first kappa shape index (κ1) is 23.3. The van der Waals surface area contributed by atoms with Crippen molar-refractivity contribution in [1.82, 2.24) is 9.80 Å². The van der Waals surface area contributed by atoms with Crippen molar-refractivity contribution in [1.29, 1.82) is 0 Å². The summed E-state index contributed by atoms with van der Waals surface area (Å²) in [5.41, 5.74) is 2.08. The van der Waals surface area contributed by atoms with Crippen LogP contribution in [-0.2, 0) is 0 Å². The maximum atomic E-state index is 12.8. The largest absolute Gasteiger partial charge is 0.487 e. The lowest BCUT2D eigenvalue weighted by molar-refractivity contribution is 0.0483. The summed E-state index contributed by atoms with van der Waals surface area (Å²) in [7, 11) is 0. The molecule has 1 atom stereocenters. The molecule has 1 unspecified atom stereocenters. The molecule has 0 aliphatic carbocycles. The first-order chi connectivity index (χ1) is 17.2. The minimum Gasteiger partial charge on any atom is -0.487 e. The maximum Gasteiger partial charge on any atom is 0.200 e. The summed E-state index contributed by atoms with van der Waals surface area (Å²) in [5.74, 6) is 0.472. The molecule has 1 N–H and O–H groups in total. The first-order valence-corrected chi connectivity index (χ1v) is 12.1. The van der Waals surface area contributed by atoms with E-state index in [0.29, 0.717) is 34.2 Å². The molecule has 1 aliphatic rings. The van der Waals surface area contributed by atoms with Gasteiger partial charge in [-0.05, 0) is 29.8 Å². The Morgan fingerprint density at radius 2 is 1.60 bits per heavy atom. The molecule has 1 aromatic heterocycles. The average molecular weight is 471 g/mol. The third-order valence-corrected chi connectivity index (χ3v) is 6.41. The van der Waals surface area contributed by atoms with Crippen molar-refractivity contribution in [2.24, 2.45) is 0 Å². The van der Waals surface area contributed by atoms with Crippen LogP contribution in [0.15, 0.2) is 88.1 Å². The van der Waals surface area contributed by atoms with Crippen molar-refractivity contribution in [3.63, 3.8) is 0 Å². The second-order valence-corrected chi connectivity index (χ2v) is 8.94. The Labute approximate surface area is 204 Å². The number of rotatable bonds is 8. The highest BCUT2D eigenvalue weighted by Crippen LogP contribution is 2.27. The molecule has 1 fully saturated rings. The van der Waals surface area contributed by atoms with Crippen LogP contribution < -0.4 is 10.2 Å². The number of hydrogen-bond acceptors (Lipinski definition) is 6. The number of β-amino-alcohol motifs (C(OH)–C–C–N with tert-alkyl or cyclic N) is 1. The molecule has 6 heteroatoms. The number of nitrogens with zero attached hydrogens (tertiary/aromatic N) is 2. The van der Waals surface area contributed by atoms with Crippen LogP contribution in [0, 0.1) is 0 Å². The van der Waals surface area contributed by atoms with Crippen LogP contribution in [0.1, 0.15) is 5.56 Å². The Morgan fingerprint density at radius 3 is 2.43 bits per heavy atom. The molecule has 1 aliphatic heterocycles. The quantitative estimate of drug-likeness (QED) is 0.393. The van der Waals surface area contributed by atoms with E-state index in [-0.39, 0.29) is 12.0 Å². The fourth-order valence-corrected chi connectivity index (χ4v) is 4.51. The summed E-state index contributed by atoms with van der Waals surface area (Å²) in [5, 5.41) is 11.6. The van der Waals surface area contributed by atoms with E-state index in [9.17, 15) is 9.90 Å². The fraction of sp³-hybridized carbons (Fsp3) is 0.276. The highest BCUT2D eigenvalue weighted by molar-refractivity contribution is 5.92. The topological polar surface area (TPSA) is 66.2 Å². The lowest BCUT2D eigenvalue weighted by atomic mass is 10.1. The molecule has 0 radical (unpaired) electrons. The first-order valence-electron chi connectivity index (χ1n) is 12.1. The number of ether oxygens (including phenoxy) is 1. The third-order valence-electron chi connectivity index (χ3n) is 6.41. The zero-order chi connectivity index (χ0) is 24.0. The van der Waals surface area contributed by atoms with Gasteiger partial charge in [0.2, 0.25) is 5.43 Å².